The number of aliphatic hydroxyl groups is 1. The number of hydrogen-bond acceptors (Lipinski definition) is 5. The lowest BCUT2D eigenvalue weighted by Gasteiger charge is -2.36. The molecular formula is C31H38N2O5. The molecule has 2 aromatic rings. The highest BCUT2D eigenvalue weighted by Crippen LogP contribution is 2.25. The summed E-state index contributed by atoms with van der Waals surface area (Å²) in [6.07, 6.45) is 8.39. The Bertz CT molecular complexity index is 1120. The van der Waals surface area contributed by atoms with E-state index < -0.39 is 12.0 Å². The maximum absolute atomic E-state index is 13.5. The second-order valence-corrected chi connectivity index (χ2v) is 10.3. The van der Waals surface area contributed by atoms with Gasteiger partial charge in [0.25, 0.3) is 0 Å². The van der Waals surface area contributed by atoms with Crippen LogP contribution in [0.4, 0.5) is 0 Å². The molecule has 7 heteroatoms. The monoisotopic (exact) mass is 518 g/mol. The fraction of sp³-hybridized carbons (Fsp3) is 0.452. The molecule has 0 spiro atoms. The lowest BCUT2D eigenvalue weighted by atomic mass is 9.92. The molecule has 2 aromatic carbocycles. The normalized spacial score (nSPS) is 23.1. The zero-order valence-electron chi connectivity index (χ0n) is 21.9. The first-order chi connectivity index (χ1) is 18.5. The van der Waals surface area contributed by atoms with E-state index in [2.05, 4.69) is 5.32 Å². The molecule has 38 heavy (non-hydrogen) atoms. The number of benzene rings is 2. The number of nitrogens with zero attached hydrogens (tertiary/aromatic N) is 1. The maximum Gasteiger partial charge on any atom is 0.305 e. The predicted octanol–water partition coefficient (Wildman–Crippen LogP) is 3.73. The van der Waals surface area contributed by atoms with Crippen LogP contribution in [0.25, 0.3) is 0 Å². The van der Waals surface area contributed by atoms with Crippen molar-refractivity contribution in [1.29, 1.82) is 0 Å². The number of carbonyl (C=O) groups is 3. The van der Waals surface area contributed by atoms with Gasteiger partial charge in [0.05, 0.1) is 24.6 Å². The first-order valence-corrected chi connectivity index (χ1v) is 13.7. The molecule has 2 aliphatic rings. The summed E-state index contributed by atoms with van der Waals surface area (Å²) in [5.74, 6) is -1.19. The van der Waals surface area contributed by atoms with E-state index in [9.17, 15) is 19.5 Å². The molecule has 0 aromatic heterocycles. The third-order valence-electron chi connectivity index (χ3n) is 7.38. The summed E-state index contributed by atoms with van der Waals surface area (Å²) in [7, 11) is 0. The van der Waals surface area contributed by atoms with Gasteiger partial charge >= 0.3 is 5.97 Å². The van der Waals surface area contributed by atoms with Crippen LogP contribution in [0.3, 0.4) is 0 Å². The molecule has 2 amide bonds. The Morgan fingerprint density at radius 2 is 1.76 bits per heavy atom. The molecule has 2 N–H and O–H groups in total. The summed E-state index contributed by atoms with van der Waals surface area (Å²) in [5, 5.41) is 13.1. The van der Waals surface area contributed by atoms with Crippen LogP contribution in [0.1, 0.15) is 55.2 Å². The molecule has 2 aliphatic heterocycles. The summed E-state index contributed by atoms with van der Waals surface area (Å²) in [6, 6.07) is 17.0. The molecule has 0 saturated carbocycles. The number of hydrogen-bond donors (Lipinski definition) is 2. The third kappa shape index (κ3) is 7.78. The number of carbonyl (C=O) groups excluding carboxylic acids is 3. The molecule has 0 aliphatic carbocycles. The fourth-order valence-corrected chi connectivity index (χ4v) is 5.20. The van der Waals surface area contributed by atoms with Crippen LogP contribution in [-0.4, -0.2) is 53.1 Å². The van der Waals surface area contributed by atoms with Gasteiger partial charge in [-0.1, -0.05) is 66.7 Å². The summed E-state index contributed by atoms with van der Waals surface area (Å²) in [4.78, 5) is 41.0. The number of rotatable bonds is 5. The summed E-state index contributed by atoms with van der Waals surface area (Å²) in [6.45, 7) is 0.393. The SMILES string of the molecule is O=C1CCCCC=CC[C@H](CC(=O)N2Cc3ccccc3C[C@H]2CO)C(=O)N[C@@H](Cc2ccccc2)CO1. The van der Waals surface area contributed by atoms with Gasteiger partial charge in [0.15, 0.2) is 0 Å². The first-order valence-electron chi connectivity index (χ1n) is 13.7. The highest BCUT2D eigenvalue weighted by Gasteiger charge is 2.32. The highest BCUT2D eigenvalue weighted by molar-refractivity contribution is 5.86. The van der Waals surface area contributed by atoms with Crippen molar-refractivity contribution in [2.75, 3.05) is 13.2 Å². The number of cyclic esters (lactones) is 1. The van der Waals surface area contributed by atoms with Gasteiger partial charge in [-0.25, -0.2) is 0 Å². The Labute approximate surface area is 224 Å². The molecule has 3 atom stereocenters. The predicted molar refractivity (Wildman–Crippen MR) is 145 cm³/mol. The van der Waals surface area contributed by atoms with Crippen molar-refractivity contribution in [2.24, 2.45) is 5.92 Å². The number of ether oxygens (including phenoxy) is 1. The molecule has 2 heterocycles. The highest BCUT2D eigenvalue weighted by atomic mass is 16.5. The van der Waals surface area contributed by atoms with Crippen molar-refractivity contribution in [3.8, 4) is 0 Å². The quantitative estimate of drug-likeness (QED) is 0.465. The molecule has 0 bridgehead atoms. The van der Waals surface area contributed by atoms with Crippen LogP contribution >= 0.6 is 0 Å². The van der Waals surface area contributed by atoms with Crippen molar-refractivity contribution in [2.45, 2.75) is 70.0 Å². The van der Waals surface area contributed by atoms with E-state index in [1.54, 1.807) is 4.90 Å². The molecule has 202 valence electrons. The van der Waals surface area contributed by atoms with E-state index in [0.29, 0.717) is 32.2 Å². The lowest BCUT2D eigenvalue weighted by Crippen LogP contribution is -2.48. The van der Waals surface area contributed by atoms with Crippen molar-refractivity contribution in [1.82, 2.24) is 10.2 Å². The van der Waals surface area contributed by atoms with Crippen LogP contribution in [0, 0.1) is 5.92 Å². The van der Waals surface area contributed by atoms with Crippen LogP contribution in [0.2, 0.25) is 0 Å². The summed E-state index contributed by atoms with van der Waals surface area (Å²) >= 11 is 0. The van der Waals surface area contributed by atoms with Gasteiger partial charge in [-0.15, -0.1) is 0 Å². The van der Waals surface area contributed by atoms with E-state index in [1.807, 2.05) is 66.7 Å². The van der Waals surface area contributed by atoms with Gasteiger partial charge in [-0.2, -0.15) is 0 Å². The van der Waals surface area contributed by atoms with Crippen LogP contribution in [0.5, 0.6) is 0 Å². The number of allylic oxidation sites excluding steroid dienone is 2. The maximum atomic E-state index is 13.5. The Morgan fingerprint density at radius 3 is 2.55 bits per heavy atom. The Hall–Kier alpha value is -3.45. The zero-order valence-corrected chi connectivity index (χ0v) is 21.9. The summed E-state index contributed by atoms with van der Waals surface area (Å²) < 4.78 is 5.52. The minimum absolute atomic E-state index is 0.0483. The van der Waals surface area contributed by atoms with Crippen LogP contribution in [0.15, 0.2) is 66.7 Å². The first kappa shape index (κ1) is 27.6. The van der Waals surface area contributed by atoms with E-state index in [0.717, 1.165) is 36.0 Å². The number of amides is 2. The number of nitrogens with one attached hydrogen (secondary N) is 1. The molecule has 0 fully saturated rings. The van der Waals surface area contributed by atoms with Gasteiger partial charge in [0, 0.05) is 19.4 Å². The Morgan fingerprint density at radius 1 is 1.00 bits per heavy atom. The van der Waals surface area contributed by atoms with Crippen molar-refractivity contribution in [3.05, 3.63) is 83.4 Å². The second-order valence-electron chi connectivity index (χ2n) is 10.3. The molecule has 4 rings (SSSR count). The van der Waals surface area contributed by atoms with Gasteiger partial charge in [-0.05, 0) is 55.2 Å². The van der Waals surface area contributed by atoms with Gasteiger partial charge in [0.2, 0.25) is 11.8 Å². The standard InChI is InChI=1S/C31H38N2O5/c34-21-28-18-24-13-9-10-15-26(24)20-33(28)29(35)19-25-14-7-2-1-3-8-16-30(36)38-22-27(32-31(25)37)17-23-11-5-4-6-12-23/h2,4-7,9-13,15,25,27-28,34H,1,3,8,14,16-22H2,(H,32,37)/t25-,27+,28+/m1/s1. The molecule has 0 saturated heterocycles. The molecular weight excluding hydrogens is 480 g/mol. The van der Waals surface area contributed by atoms with E-state index in [1.165, 1.54) is 0 Å². The zero-order chi connectivity index (χ0) is 26.7. The lowest BCUT2D eigenvalue weighted by molar-refractivity contribution is -0.145. The average Bonchev–Trinajstić information content (AvgIpc) is 2.94. The fourth-order valence-electron chi connectivity index (χ4n) is 5.20. The van der Waals surface area contributed by atoms with Gasteiger partial charge < -0.3 is 20.1 Å². The average molecular weight is 519 g/mol. The Kier molecular flexibility index (Phi) is 10.1. The molecule has 0 radical (unpaired) electrons. The van der Waals surface area contributed by atoms with Gasteiger partial charge in [0.1, 0.15) is 6.61 Å². The Balaban J connectivity index is 1.50. The van der Waals surface area contributed by atoms with Crippen LogP contribution in [-0.2, 0) is 38.5 Å². The largest absolute Gasteiger partial charge is 0.463 e. The van der Waals surface area contributed by atoms with E-state index >= 15 is 0 Å². The van der Waals surface area contributed by atoms with Crippen molar-refractivity contribution in [3.63, 3.8) is 0 Å². The summed E-state index contributed by atoms with van der Waals surface area (Å²) in [5.41, 5.74) is 3.25. The van der Waals surface area contributed by atoms with Crippen molar-refractivity contribution >= 4 is 17.8 Å². The minimum Gasteiger partial charge on any atom is -0.463 e. The molecule has 0 unspecified atom stereocenters. The molecule has 7 nitrogen and oxygen atoms in total. The van der Waals surface area contributed by atoms with Crippen molar-refractivity contribution < 1.29 is 24.2 Å². The smallest absolute Gasteiger partial charge is 0.305 e. The third-order valence-corrected chi connectivity index (χ3v) is 7.38. The van der Waals surface area contributed by atoms with E-state index in [4.69, 9.17) is 4.74 Å². The topological polar surface area (TPSA) is 95.9 Å². The number of aliphatic hydroxyl groups excluding tert-OH is 1. The minimum atomic E-state index is -0.563. The van der Waals surface area contributed by atoms with E-state index in [-0.39, 0.29) is 43.5 Å². The number of fused-ring (bicyclic) bond motifs is 1. The second kappa shape index (κ2) is 13.9. The number of esters is 1. The van der Waals surface area contributed by atoms with Crippen LogP contribution < -0.4 is 5.32 Å². The van der Waals surface area contributed by atoms with Gasteiger partial charge in [-0.3, -0.25) is 14.4 Å².